The second-order valence-corrected chi connectivity index (χ2v) is 5.56. The fourth-order valence-electron chi connectivity index (χ4n) is 1.47. The molecule has 1 aliphatic heterocycles. The van der Waals surface area contributed by atoms with Crippen LogP contribution in [0.3, 0.4) is 0 Å². The molecule has 0 N–H and O–H groups in total. The van der Waals surface area contributed by atoms with Gasteiger partial charge in [0.05, 0.1) is 11.5 Å². The van der Waals surface area contributed by atoms with Gasteiger partial charge in [0.1, 0.15) is 6.54 Å². The van der Waals surface area contributed by atoms with Crippen molar-refractivity contribution in [2.75, 3.05) is 13.2 Å². The zero-order valence-electron chi connectivity index (χ0n) is 10.1. The van der Waals surface area contributed by atoms with Crippen LogP contribution < -0.4 is 0 Å². The summed E-state index contributed by atoms with van der Waals surface area (Å²) >= 11 is 2.31. The average molecular weight is 297 g/mol. The monoisotopic (exact) mass is 297 g/mol. The maximum absolute atomic E-state index is 12.0. The molecule has 7 heteroatoms. The number of carbonyl (C=O) groups is 3. The van der Waals surface area contributed by atoms with Crippen LogP contribution in [0.4, 0.5) is 4.79 Å². The number of imide groups is 1. The smallest absolute Gasteiger partial charge is 0.326 e. The summed E-state index contributed by atoms with van der Waals surface area (Å²) in [6, 6.07) is 3.71. The predicted octanol–water partition coefficient (Wildman–Crippen LogP) is 2.35. The number of carbonyl (C=O) groups excluding carboxylic acids is 3. The molecular weight excluding hydrogens is 286 g/mol. The van der Waals surface area contributed by atoms with Crippen molar-refractivity contribution >= 4 is 46.3 Å². The van der Waals surface area contributed by atoms with E-state index in [2.05, 4.69) is 0 Å². The summed E-state index contributed by atoms with van der Waals surface area (Å²) in [5, 5.41) is 1.44. The summed E-state index contributed by atoms with van der Waals surface area (Å²) in [7, 11) is 0. The van der Waals surface area contributed by atoms with Gasteiger partial charge in [0.25, 0.3) is 11.1 Å². The Morgan fingerprint density at radius 2 is 2.26 bits per heavy atom. The van der Waals surface area contributed by atoms with E-state index in [1.54, 1.807) is 13.0 Å². The number of thioether (sulfide) groups is 1. The number of thiophene rings is 1. The quantitative estimate of drug-likeness (QED) is 0.630. The van der Waals surface area contributed by atoms with E-state index >= 15 is 0 Å². The van der Waals surface area contributed by atoms with E-state index in [1.165, 1.54) is 11.3 Å². The van der Waals surface area contributed by atoms with E-state index in [1.807, 2.05) is 17.5 Å². The molecule has 1 aromatic rings. The summed E-state index contributed by atoms with van der Waals surface area (Å²) < 4.78 is 4.73. The molecule has 0 atom stereocenters. The highest BCUT2D eigenvalue weighted by Crippen LogP contribution is 2.32. The number of amides is 2. The van der Waals surface area contributed by atoms with Gasteiger partial charge in [-0.3, -0.25) is 19.3 Å². The molecule has 0 aliphatic carbocycles. The third-order valence-electron chi connectivity index (χ3n) is 2.28. The molecule has 1 fully saturated rings. The van der Waals surface area contributed by atoms with E-state index in [-0.39, 0.29) is 13.2 Å². The molecule has 2 amide bonds. The Labute approximate surface area is 118 Å². The van der Waals surface area contributed by atoms with Crippen LogP contribution >= 0.6 is 23.1 Å². The molecule has 0 radical (unpaired) electrons. The fraction of sp³-hybridized carbons (Fsp3) is 0.250. The zero-order chi connectivity index (χ0) is 13.8. The molecule has 0 aromatic carbocycles. The first-order valence-electron chi connectivity index (χ1n) is 5.56. The lowest BCUT2D eigenvalue weighted by atomic mass is 10.3. The molecular formula is C12H11NO4S2. The van der Waals surface area contributed by atoms with E-state index in [9.17, 15) is 14.4 Å². The molecule has 1 saturated heterocycles. The van der Waals surface area contributed by atoms with Crippen LogP contribution in [-0.4, -0.2) is 35.2 Å². The van der Waals surface area contributed by atoms with Crippen molar-refractivity contribution in [3.8, 4) is 0 Å². The Balaban J connectivity index is 2.10. The normalized spacial score (nSPS) is 17.3. The van der Waals surface area contributed by atoms with Gasteiger partial charge in [-0.05, 0) is 36.2 Å². The second-order valence-electron chi connectivity index (χ2n) is 3.59. The summed E-state index contributed by atoms with van der Waals surface area (Å²) in [5.74, 6) is -1.03. The number of nitrogens with zero attached hydrogens (tertiary/aromatic N) is 1. The number of hydrogen-bond acceptors (Lipinski definition) is 6. The minimum Gasteiger partial charge on any atom is -0.465 e. The molecule has 2 heterocycles. The lowest BCUT2D eigenvalue weighted by molar-refractivity contribution is -0.145. The topological polar surface area (TPSA) is 63.7 Å². The molecule has 0 saturated carbocycles. The highest BCUT2D eigenvalue weighted by atomic mass is 32.2. The molecule has 1 aliphatic rings. The first-order valence-corrected chi connectivity index (χ1v) is 7.26. The van der Waals surface area contributed by atoms with Crippen molar-refractivity contribution in [3.63, 3.8) is 0 Å². The van der Waals surface area contributed by atoms with E-state index in [4.69, 9.17) is 4.74 Å². The van der Waals surface area contributed by atoms with Crippen LogP contribution in [0.25, 0.3) is 6.08 Å². The van der Waals surface area contributed by atoms with Crippen LogP contribution in [0.5, 0.6) is 0 Å². The molecule has 0 unspecified atom stereocenters. The van der Waals surface area contributed by atoms with E-state index < -0.39 is 17.1 Å². The molecule has 100 valence electrons. The van der Waals surface area contributed by atoms with Crippen molar-refractivity contribution < 1.29 is 19.1 Å². The van der Waals surface area contributed by atoms with E-state index in [0.29, 0.717) is 4.91 Å². The van der Waals surface area contributed by atoms with Gasteiger partial charge in [-0.25, -0.2) is 0 Å². The van der Waals surface area contributed by atoms with Crippen LogP contribution in [0, 0.1) is 0 Å². The molecule has 2 rings (SSSR count). The van der Waals surface area contributed by atoms with Gasteiger partial charge in [-0.1, -0.05) is 6.07 Å². The number of hydrogen-bond donors (Lipinski definition) is 0. The highest BCUT2D eigenvalue weighted by Gasteiger charge is 2.36. The Kier molecular flexibility index (Phi) is 4.39. The minimum atomic E-state index is -0.581. The summed E-state index contributed by atoms with van der Waals surface area (Å²) in [5.41, 5.74) is 0. The zero-order valence-corrected chi connectivity index (χ0v) is 11.8. The van der Waals surface area contributed by atoms with Crippen LogP contribution in [0.2, 0.25) is 0 Å². The van der Waals surface area contributed by atoms with Crippen LogP contribution in [0.15, 0.2) is 22.4 Å². The largest absolute Gasteiger partial charge is 0.465 e. The van der Waals surface area contributed by atoms with Crippen molar-refractivity contribution in [1.29, 1.82) is 0 Å². The Hall–Kier alpha value is -1.60. The Morgan fingerprint density at radius 3 is 2.89 bits per heavy atom. The van der Waals surface area contributed by atoms with Crippen LogP contribution in [0.1, 0.15) is 11.8 Å². The van der Waals surface area contributed by atoms with Gasteiger partial charge in [0.15, 0.2) is 0 Å². The SMILES string of the molecule is CCOC(=O)CN1C(=O)S/C(=C\c2cccs2)C1=O. The number of ether oxygens (including phenoxy) is 1. The van der Waals surface area contributed by atoms with Gasteiger partial charge in [-0.15, -0.1) is 11.3 Å². The van der Waals surface area contributed by atoms with Gasteiger partial charge in [0.2, 0.25) is 0 Å². The third-order valence-corrected chi connectivity index (χ3v) is 4.01. The summed E-state index contributed by atoms with van der Waals surface area (Å²) in [4.78, 5) is 37.1. The third kappa shape index (κ3) is 3.24. The number of rotatable bonds is 4. The number of esters is 1. The highest BCUT2D eigenvalue weighted by molar-refractivity contribution is 8.18. The average Bonchev–Trinajstić information content (AvgIpc) is 2.95. The van der Waals surface area contributed by atoms with Crippen molar-refractivity contribution in [2.45, 2.75) is 6.92 Å². The minimum absolute atomic E-state index is 0.222. The van der Waals surface area contributed by atoms with E-state index in [0.717, 1.165) is 21.5 Å². The van der Waals surface area contributed by atoms with Crippen LogP contribution in [-0.2, 0) is 14.3 Å². The van der Waals surface area contributed by atoms with Gasteiger partial charge in [0, 0.05) is 4.88 Å². The predicted molar refractivity (Wildman–Crippen MR) is 73.6 cm³/mol. The Bertz CT molecular complexity index is 536. The lowest BCUT2D eigenvalue weighted by Crippen LogP contribution is -2.34. The molecule has 1 aromatic heterocycles. The molecule has 5 nitrogen and oxygen atoms in total. The molecule has 0 bridgehead atoms. The summed E-state index contributed by atoms with van der Waals surface area (Å²) in [6.45, 7) is 1.56. The first kappa shape index (κ1) is 13.8. The standard InChI is InChI=1S/C12H11NO4S2/c1-2-17-10(14)7-13-11(15)9(19-12(13)16)6-8-4-3-5-18-8/h3-6H,2,7H2,1H3/b9-6-. The maximum atomic E-state index is 12.0. The van der Waals surface area contributed by atoms with Gasteiger partial charge >= 0.3 is 5.97 Å². The van der Waals surface area contributed by atoms with Crippen molar-refractivity contribution in [3.05, 3.63) is 27.3 Å². The maximum Gasteiger partial charge on any atom is 0.326 e. The van der Waals surface area contributed by atoms with Crippen molar-refractivity contribution in [1.82, 2.24) is 4.90 Å². The summed E-state index contributed by atoms with van der Waals surface area (Å²) in [6.07, 6.45) is 1.65. The fourth-order valence-corrected chi connectivity index (χ4v) is 3.04. The molecule has 0 spiro atoms. The van der Waals surface area contributed by atoms with Crippen molar-refractivity contribution in [2.24, 2.45) is 0 Å². The second kappa shape index (κ2) is 6.03. The lowest BCUT2D eigenvalue weighted by Gasteiger charge is -2.10. The van der Waals surface area contributed by atoms with Gasteiger partial charge in [-0.2, -0.15) is 0 Å². The Morgan fingerprint density at radius 1 is 1.47 bits per heavy atom. The van der Waals surface area contributed by atoms with Gasteiger partial charge < -0.3 is 4.74 Å². The molecule has 19 heavy (non-hydrogen) atoms. The first-order chi connectivity index (χ1) is 9.11.